The predicted molar refractivity (Wildman–Crippen MR) is 117 cm³/mol. The third-order valence-electron chi connectivity index (χ3n) is 8.34. The average molecular weight is 393 g/mol. The van der Waals surface area contributed by atoms with Crippen LogP contribution in [0.1, 0.15) is 86.5 Å². The molecule has 0 aromatic rings. The summed E-state index contributed by atoms with van der Waals surface area (Å²) < 4.78 is 0. The lowest BCUT2D eigenvalue weighted by atomic mass is 9.59. The van der Waals surface area contributed by atoms with Crippen LogP contribution in [0.5, 0.6) is 0 Å². The Morgan fingerprint density at radius 3 is 2.21 bits per heavy atom. The molecule has 2 aliphatic carbocycles. The molecule has 2 fully saturated rings. The molecule has 6 atom stereocenters. The van der Waals surface area contributed by atoms with E-state index in [0.717, 1.165) is 18.4 Å². The topological polar surface area (TPSA) is 60.7 Å². The first kappa shape index (κ1) is 23.6. The van der Waals surface area contributed by atoms with E-state index in [-0.39, 0.29) is 16.9 Å². The third kappa shape index (κ3) is 5.29. The standard InChI is InChI=1S/C25H44O3/c1-17(2)23(28)11-10-18(3)25(6)13-12-20(24(25,4)5)9-7-8-19-14-21(26)16-22(27)15-19/h7-9,17-18,20-23,26-28H,10-16H2,1-6H3/t18-,20?,21+,22+,23-,25-/m0/s1. The van der Waals surface area contributed by atoms with Crippen molar-refractivity contribution in [1.29, 1.82) is 0 Å². The van der Waals surface area contributed by atoms with Crippen LogP contribution in [0.4, 0.5) is 0 Å². The molecule has 0 spiro atoms. The Kier molecular flexibility index (Phi) is 7.98. The zero-order valence-corrected chi connectivity index (χ0v) is 19.0. The van der Waals surface area contributed by atoms with Crippen LogP contribution in [-0.2, 0) is 0 Å². The van der Waals surface area contributed by atoms with Crippen molar-refractivity contribution in [2.24, 2.45) is 28.6 Å². The van der Waals surface area contributed by atoms with E-state index in [1.165, 1.54) is 12.8 Å². The van der Waals surface area contributed by atoms with Crippen molar-refractivity contribution in [2.45, 2.75) is 105 Å². The molecule has 0 aliphatic heterocycles. The Labute approximate surface area is 172 Å². The average Bonchev–Trinajstić information content (AvgIpc) is 2.82. The lowest BCUT2D eigenvalue weighted by molar-refractivity contribution is 0.0277. The van der Waals surface area contributed by atoms with E-state index in [1.54, 1.807) is 0 Å². The summed E-state index contributed by atoms with van der Waals surface area (Å²) >= 11 is 0. The van der Waals surface area contributed by atoms with Gasteiger partial charge in [0, 0.05) is 0 Å². The zero-order valence-electron chi connectivity index (χ0n) is 19.0. The molecule has 2 aliphatic rings. The van der Waals surface area contributed by atoms with E-state index in [4.69, 9.17) is 0 Å². The van der Waals surface area contributed by atoms with Crippen LogP contribution in [0.3, 0.4) is 0 Å². The van der Waals surface area contributed by atoms with Gasteiger partial charge in [0.05, 0.1) is 18.3 Å². The normalized spacial score (nSPS) is 35.5. The molecule has 0 amide bonds. The molecule has 2 rings (SSSR count). The van der Waals surface area contributed by atoms with Crippen molar-refractivity contribution in [1.82, 2.24) is 0 Å². The quantitative estimate of drug-likeness (QED) is 0.554. The molecule has 3 nitrogen and oxygen atoms in total. The number of rotatable bonds is 7. The molecule has 3 N–H and O–H groups in total. The Balaban J connectivity index is 2.01. The van der Waals surface area contributed by atoms with Crippen molar-refractivity contribution in [3.63, 3.8) is 0 Å². The van der Waals surface area contributed by atoms with Gasteiger partial charge in [0.25, 0.3) is 0 Å². The second kappa shape index (κ2) is 9.45. The van der Waals surface area contributed by atoms with Gasteiger partial charge >= 0.3 is 0 Å². The highest BCUT2D eigenvalue weighted by Crippen LogP contribution is 2.60. The monoisotopic (exact) mass is 392 g/mol. The first-order chi connectivity index (χ1) is 13.0. The largest absolute Gasteiger partial charge is 0.393 e. The summed E-state index contributed by atoms with van der Waals surface area (Å²) in [4.78, 5) is 0. The van der Waals surface area contributed by atoms with E-state index in [1.807, 2.05) is 0 Å². The van der Waals surface area contributed by atoms with Crippen LogP contribution in [0, 0.1) is 28.6 Å². The van der Waals surface area contributed by atoms with E-state index < -0.39 is 12.2 Å². The highest BCUT2D eigenvalue weighted by molar-refractivity contribution is 5.19. The van der Waals surface area contributed by atoms with Crippen LogP contribution < -0.4 is 0 Å². The zero-order chi connectivity index (χ0) is 21.1. The maximum Gasteiger partial charge on any atom is 0.0602 e. The van der Waals surface area contributed by atoms with Gasteiger partial charge in [0.15, 0.2) is 0 Å². The van der Waals surface area contributed by atoms with Gasteiger partial charge in [0.1, 0.15) is 0 Å². The minimum absolute atomic E-state index is 0.195. The highest BCUT2D eigenvalue weighted by Gasteiger charge is 2.52. The van der Waals surface area contributed by atoms with Gasteiger partial charge in [0.2, 0.25) is 0 Å². The van der Waals surface area contributed by atoms with Gasteiger partial charge in [-0.05, 0) is 73.5 Å². The van der Waals surface area contributed by atoms with Gasteiger partial charge in [-0.2, -0.15) is 0 Å². The molecule has 28 heavy (non-hydrogen) atoms. The number of allylic oxidation sites excluding steroid dienone is 3. The molecule has 162 valence electrons. The number of hydrogen-bond acceptors (Lipinski definition) is 3. The van der Waals surface area contributed by atoms with Crippen LogP contribution in [0.25, 0.3) is 0 Å². The van der Waals surface area contributed by atoms with Gasteiger partial charge in [-0.1, -0.05) is 65.3 Å². The Morgan fingerprint density at radius 1 is 1.04 bits per heavy atom. The van der Waals surface area contributed by atoms with Crippen molar-refractivity contribution in [2.75, 3.05) is 0 Å². The molecule has 1 unspecified atom stereocenters. The minimum atomic E-state index is -0.406. The molecule has 0 bridgehead atoms. The lowest BCUT2D eigenvalue weighted by Gasteiger charge is -2.46. The van der Waals surface area contributed by atoms with Crippen molar-refractivity contribution < 1.29 is 15.3 Å². The molecule has 0 saturated heterocycles. The second-order valence-corrected chi connectivity index (χ2v) is 10.7. The number of aliphatic hydroxyl groups excluding tert-OH is 3. The smallest absolute Gasteiger partial charge is 0.0602 e. The fraction of sp³-hybridized carbons (Fsp3) is 0.840. The molecule has 2 saturated carbocycles. The van der Waals surface area contributed by atoms with Crippen LogP contribution in [0.2, 0.25) is 0 Å². The molecule has 0 radical (unpaired) electrons. The fourth-order valence-electron chi connectivity index (χ4n) is 5.48. The van der Waals surface area contributed by atoms with Gasteiger partial charge in [-0.15, -0.1) is 0 Å². The van der Waals surface area contributed by atoms with Crippen LogP contribution >= 0.6 is 0 Å². The molecular weight excluding hydrogens is 348 g/mol. The van der Waals surface area contributed by atoms with E-state index >= 15 is 0 Å². The van der Waals surface area contributed by atoms with Crippen LogP contribution in [0.15, 0.2) is 23.8 Å². The van der Waals surface area contributed by atoms with E-state index in [0.29, 0.717) is 37.0 Å². The molecule has 0 heterocycles. The summed E-state index contributed by atoms with van der Waals surface area (Å²) in [5.41, 5.74) is 1.62. The Bertz CT molecular complexity index is 550. The molecular formula is C25H44O3. The lowest BCUT2D eigenvalue weighted by Crippen LogP contribution is -2.39. The van der Waals surface area contributed by atoms with E-state index in [2.05, 4.69) is 59.8 Å². The number of hydrogen-bond donors (Lipinski definition) is 3. The van der Waals surface area contributed by atoms with Gasteiger partial charge < -0.3 is 15.3 Å². The maximum atomic E-state index is 10.2. The van der Waals surface area contributed by atoms with Crippen LogP contribution in [-0.4, -0.2) is 33.6 Å². The SMILES string of the molecule is CC(C)[C@@H](O)CC[C@H](C)[C@]1(C)CCC(C=CC=C2C[C@@H](O)C[C@H](O)C2)C1(C)C. The maximum absolute atomic E-state index is 10.2. The summed E-state index contributed by atoms with van der Waals surface area (Å²) in [6.45, 7) is 13.8. The van der Waals surface area contributed by atoms with E-state index in [9.17, 15) is 15.3 Å². The highest BCUT2D eigenvalue weighted by atomic mass is 16.3. The van der Waals surface area contributed by atoms with Crippen molar-refractivity contribution in [3.05, 3.63) is 23.8 Å². The summed E-state index contributed by atoms with van der Waals surface area (Å²) in [6, 6.07) is 0. The van der Waals surface area contributed by atoms with Crippen molar-refractivity contribution in [3.8, 4) is 0 Å². The van der Waals surface area contributed by atoms with Gasteiger partial charge in [-0.25, -0.2) is 0 Å². The van der Waals surface area contributed by atoms with Crippen molar-refractivity contribution >= 4 is 0 Å². The molecule has 3 heteroatoms. The number of aliphatic hydroxyl groups is 3. The summed E-state index contributed by atoms with van der Waals surface area (Å²) in [5, 5.41) is 29.9. The first-order valence-electron chi connectivity index (χ1n) is 11.4. The Hall–Kier alpha value is -0.640. The third-order valence-corrected chi connectivity index (χ3v) is 8.34. The van der Waals surface area contributed by atoms with Gasteiger partial charge in [-0.3, -0.25) is 0 Å². The Morgan fingerprint density at radius 2 is 1.64 bits per heavy atom. The molecule has 0 aromatic heterocycles. The fourth-order valence-corrected chi connectivity index (χ4v) is 5.48. The summed E-state index contributed by atoms with van der Waals surface area (Å²) in [5.74, 6) is 1.44. The minimum Gasteiger partial charge on any atom is -0.393 e. The predicted octanol–water partition coefficient (Wildman–Crippen LogP) is 5.25. The first-order valence-corrected chi connectivity index (χ1v) is 11.4. The second-order valence-electron chi connectivity index (χ2n) is 10.7. The summed E-state index contributed by atoms with van der Waals surface area (Å²) in [6.07, 6.45) is 11.9. The summed E-state index contributed by atoms with van der Waals surface area (Å²) in [7, 11) is 0. The molecule has 0 aromatic carbocycles.